The molecule has 1 aliphatic heterocycles. The Morgan fingerprint density at radius 1 is 1.09 bits per heavy atom. The molecule has 0 saturated carbocycles. The first-order valence-electron chi connectivity index (χ1n) is 12.2. The van der Waals surface area contributed by atoms with Crippen molar-refractivity contribution in [1.82, 2.24) is 9.80 Å². The van der Waals surface area contributed by atoms with E-state index in [0.29, 0.717) is 31.6 Å². The van der Waals surface area contributed by atoms with E-state index in [2.05, 4.69) is 48.8 Å². The lowest BCUT2D eigenvalue weighted by molar-refractivity contribution is 0.0772. The predicted octanol–water partition coefficient (Wildman–Crippen LogP) is 4.94. The summed E-state index contributed by atoms with van der Waals surface area (Å²) in [6.07, 6.45) is 4.94. The second-order valence-electron chi connectivity index (χ2n) is 9.00. The number of aromatic hydroxyl groups is 1. The fraction of sp³-hybridized carbons (Fsp3) is 0.464. The third-order valence-corrected chi connectivity index (χ3v) is 6.72. The molecule has 5 nitrogen and oxygen atoms in total. The molecular weight excluding hydrogens is 410 g/mol. The maximum atomic E-state index is 13.5. The van der Waals surface area contributed by atoms with Gasteiger partial charge in [-0.1, -0.05) is 30.4 Å². The van der Waals surface area contributed by atoms with E-state index in [-0.39, 0.29) is 11.7 Å². The minimum Gasteiger partial charge on any atom is -0.508 e. The highest BCUT2D eigenvalue weighted by Gasteiger charge is 2.31. The highest BCUT2D eigenvalue weighted by Crippen LogP contribution is 2.31. The third-order valence-electron chi connectivity index (χ3n) is 6.72. The summed E-state index contributed by atoms with van der Waals surface area (Å²) < 4.78 is 0. The Labute approximate surface area is 199 Å². The molecule has 0 bridgehead atoms. The van der Waals surface area contributed by atoms with Crippen molar-refractivity contribution in [1.29, 1.82) is 0 Å². The van der Waals surface area contributed by atoms with E-state index in [1.807, 2.05) is 43.0 Å². The van der Waals surface area contributed by atoms with Gasteiger partial charge in [-0.25, -0.2) is 0 Å². The van der Waals surface area contributed by atoms with Crippen LogP contribution in [0.3, 0.4) is 0 Å². The van der Waals surface area contributed by atoms with Crippen molar-refractivity contribution in [2.24, 2.45) is 0 Å². The van der Waals surface area contributed by atoms with Gasteiger partial charge in [0.25, 0.3) is 5.91 Å². The number of carbonyl (C=O) groups is 1. The van der Waals surface area contributed by atoms with Crippen LogP contribution in [0.2, 0.25) is 0 Å². The van der Waals surface area contributed by atoms with E-state index in [1.54, 1.807) is 12.1 Å². The number of anilines is 1. The van der Waals surface area contributed by atoms with E-state index < -0.39 is 0 Å². The van der Waals surface area contributed by atoms with E-state index >= 15 is 0 Å². The predicted molar refractivity (Wildman–Crippen MR) is 137 cm³/mol. The number of nitrogens with zero attached hydrogens (tertiary/aromatic N) is 3. The average Bonchev–Trinajstić information content (AvgIpc) is 2.79. The fourth-order valence-corrected chi connectivity index (χ4v) is 4.95. The second kappa shape index (κ2) is 11.4. The molecule has 2 atom stereocenters. The molecule has 2 aromatic carbocycles. The lowest BCUT2D eigenvalue weighted by Crippen LogP contribution is -2.57. The summed E-state index contributed by atoms with van der Waals surface area (Å²) in [5.74, 6) is 0.325. The normalized spacial score (nSPS) is 19.2. The van der Waals surface area contributed by atoms with Gasteiger partial charge in [0.2, 0.25) is 0 Å². The fourth-order valence-electron chi connectivity index (χ4n) is 4.95. The second-order valence-corrected chi connectivity index (χ2v) is 9.00. The molecule has 2 aromatic rings. The van der Waals surface area contributed by atoms with Gasteiger partial charge < -0.3 is 14.9 Å². The highest BCUT2D eigenvalue weighted by molar-refractivity contribution is 5.97. The maximum Gasteiger partial charge on any atom is 0.254 e. The van der Waals surface area contributed by atoms with Crippen LogP contribution in [0.5, 0.6) is 5.75 Å². The molecule has 33 heavy (non-hydrogen) atoms. The number of piperazine rings is 1. The molecule has 1 aliphatic rings. The Bertz CT molecular complexity index is 955. The average molecular weight is 450 g/mol. The van der Waals surface area contributed by atoms with Crippen LogP contribution in [0.4, 0.5) is 5.69 Å². The van der Waals surface area contributed by atoms with Crippen LogP contribution in [0.1, 0.15) is 56.1 Å². The number of carbonyl (C=O) groups excluding carboxylic acids is 1. The van der Waals surface area contributed by atoms with Gasteiger partial charge in [0, 0.05) is 62.5 Å². The first-order chi connectivity index (χ1) is 15.9. The van der Waals surface area contributed by atoms with Gasteiger partial charge in [0.15, 0.2) is 0 Å². The van der Waals surface area contributed by atoms with Gasteiger partial charge >= 0.3 is 0 Å². The minimum atomic E-state index is 0.0739. The van der Waals surface area contributed by atoms with E-state index in [9.17, 15) is 9.90 Å². The molecule has 1 heterocycles. The third kappa shape index (κ3) is 5.77. The Morgan fingerprint density at radius 3 is 2.36 bits per heavy atom. The standard InChI is InChI=1S/C28H39N3O2/c1-6-9-16-31-21(4)19-30(20-22(31)5)27-15-11-14-25(28(33)29(7-2)8-3)26(27)18-23-12-10-13-24(32)17-23/h6,9-15,17,21-22,32H,7-8,16,18-20H2,1-5H3/b9-6-. The van der Waals surface area contributed by atoms with Crippen molar-refractivity contribution in [2.75, 3.05) is 37.6 Å². The van der Waals surface area contributed by atoms with Gasteiger partial charge in [-0.15, -0.1) is 0 Å². The Balaban J connectivity index is 2.02. The SMILES string of the molecule is C/C=C\CN1C(C)CN(c2cccc(C(=O)N(CC)CC)c2Cc2cccc(O)c2)CC1C. The topological polar surface area (TPSA) is 47.0 Å². The number of hydrogen-bond acceptors (Lipinski definition) is 4. The molecule has 1 saturated heterocycles. The lowest BCUT2D eigenvalue weighted by Gasteiger charge is -2.45. The van der Waals surface area contributed by atoms with Crippen LogP contribution >= 0.6 is 0 Å². The van der Waals surface area contributed by atoms with Crippen molar-refractivity contribution in [3.8, 4) is 5.75 Å². The molecule has 0 spiro atoms. The highest BCUT2D eigenvalue weighted by atomic mass is 16.3. The molecule has 3 rings (SSSR count). The number of amides is 1. The van der Waals surface area contributed by atoms with E-state index in [0.717, 1.165) is 42.0 Å². The maximum absolute atomic E-state index is 13.5. The van der Waals surface area contributed by atoms with Crippen LogP contribution in [-0.4, -0.2) is 65.6 Å². The van der Waals surface area contributed by atoms with Crippen molar-refractivity contribution >= 4 is 11.6 Å². The minimum absolute atomic E-state index is 0.0739. The van der Waals surface area contributed by atoms with Crippen molar-refractivity contribution in [3.05, 3.63) is 71.3 Å². The van der Waals surface area contributed by atoms with Crippen LogP contribution < -0.4 is 4.90 Å². The zero-order chi connectivity index (χ0) is 24.0. The van der Waals surface area contributed by atoms with Gasteiger partial charge in [-0.05, 0) is 70.0 Å². The molecule has 0 radical (unpaired) electrons. The largest absolute Gasteiger partial charge is 0.508 e. The number of phenols is 1. The summed E-state index contributed by atoms with van der Waals surface area (Å²) in [6.45, 7) is 14.8. The number of allylic oxidation sites excluding steroid dienone is 1. The van der Waals surface area contributed by atoms with E-state index in [1.165, 1.54) is 0 Å². The number of hydrogen-bond donors (Lipinski definition) is 1. The van der Waals surface area contributed by atoms with Gasteiger partial charge in [0.05, 0.1) is 0 Å². The van der Waals surface area contributed by atoms with Crippen LogP contribution in [0.25, 0.3) is 0 Å². The van der Waals surface area contributed by atoms with Crippen LogP contribution in [0, 0.1) is 0 Å². The molecule has 1 amide bonds. The summed E-state index contributed by atoms with van der Waals surface area (Å²) in [4.78, 5) is 20.3. The molecule has 1 N–H and O–H groups in total. The zero-order valence-electron chi connectivity index (χ0n) is 20.8. The molecule has 2 unspecified atom stereocenters. The van der Waals surface area contributed by atoms with Gasteiger partial charge in [0.1, 0.15) is 5.75 Å². The smallest absolute Gasteiger partial charge is 0.254 e. The molecular formula is C28H39N3O2. The van der Waals surface area contributed by atoms with Gasteiger partial charge in [-0.3, -0.25) is 9.69 Å². The summed E-state index contributed by atoms with van der Waals surface area (Å²) in [5, 5.41) is 10.0. The van der Waals surface area contributed by atoms with Crippen LogP contribution in [0.15, 0.2) is 54.6 Å². The molecule has 178 valence electrons. The number of phenolic OH excluding ortho intramolecular Hbond substituents is 1. The summed E-state index contributed by atoms with van der Waals surface area (Å²) >= 11 is 0. The molecule has 0 aromatic heterocycles. The molecule has 0 aliphatic carbocycles. The van der Waals surface area contributed by atoms with Gasteiger partial charge in [-0.2, -0.15) is 0 Å². The number of rotatable bonds is 8. The molecule has 5 heteroatoms. The van der Waals surface area contributed by atoms with Crippen molar-refractivity contribution in [3.63, 3.8) is 0 Å². The first kappa shape index (κ1) is 24.8. The first-order valence-corrected chi connectivity index (χ1v) is 12.2. The Kier molecular flexibility index (Phi) is 8.56. The summed E-state index contributed by atoms with van der Waals surface area (Å²) in [6, 6.07) is 14.3. The Hall–Kier alpha value is -2.79. The van der Waals surface area contributed by atoms with E-state index in [4.69, 9.17) is 0 Å². The van der Waals surface area contributed by atoms with Crippen molar-refractivity contribution in [2.45, 2.75) is 53.1 Å². The monoisotopic (exact) mass is 449 g/mol. The van der Waals surface area contributed by atoms with Crippen LogP contribution in [-0.2, 0) is 6.42 Å². The summed E-state index contributed by atoms with van der Waals surface area (Å²) in [5.41, 5.74) is 3.93. The zero-order valence-corrected chi connectivity index (χ0v) is 20.8. The number of benzene rings is 2. The Morgan fingerprint density at radius 2 is 1.76 bits per heavy atom. The van der Waals surface area contributed by atoms with Crippen molar-refractivity contribution < 1.29 is 9.90 Å². The lowest BCUT2D eigenvalue weighted by atomic mass is 9.95. The molecule has 1 fully saturated rings. The summed E-state index contributed by atoms with van der Waals surface area (Å²) in [7, 11) is 0. The quantitative estimate of drug-likeness (QED) is 0.580.